The number of aryl methyl sites for hydroxylation is 1. The zero-order chi connectivity index (χ0) is 16.8. The monoisotopic (exact) mass is 370 g/mol. The van der Waals surface area contributed by atoms with Crippen LogP contribution >= 0.6 is 23.1 Å². The summed E-state index contributed by atoms with van der Waals surface area (Å²) < 4.78 is 2.00. The van der Waals surface area contributed by atoms with E-state index in [0.717, 1.165) is 39.3 Å². The molecule has 4 aromatic rings. The van der Waals surface area contributed by atoms with Crippen LogP contribution in [0.3, 0.4) is 0 Å². The number of H-pyrrole nitrogens is 2. The molecule has 0 bridgehead atoms. The zero-order valence-electron chi connectivity index (χ0n) is 13.3. The van der Waals surface area contributed by atoms with Crippen molar-refractivity contribution in [3.05, 3.63) is 29.0 Å². The summed E-state index contributed by atoms with van der Waals surface area (Å²) in [5.74, 6) is 4.05. The van der Waals surface area contributed by atoms with E-state index in [0.29, 0.717) is 17.7 Å². The number of aromatic amines is 2. The van der Waals surface area contributed by atoms with Crippen molar-refractivity contribution in [1.29, 1.82) is 0 Å². The molecule has 1 aliphatic rings. The summed E-state index contributed by atoms with van der Waals surface area (Å²) in [5.41, 5.74) is 2.96. The Kier molecular flexibility index (Phi) is 3.45. The summed E-state index contributed by atoms with van der Waals surface area (Å²) >= 11 is 3.56. The van der Waals surface area contributed by atoms with Gasteiger partial charge in [-0.15, -0.1) is 16.4 Å². The molecule has 0 saturated carbocycles. The Morgan fingerprint density at radius 1 is 1.28 bits per heavy atom. The van der Waals surface area contributed by atoms with Gasteiger partial charge in [0.15, 0.2) is 11.6 Å². The molecule has 10 heteroatoms. The SMILES string of the molecule is Cc1nc(-c2c[nH]c(-c3nc(-c4ncn[nH]4)nn3C3CSC3)c2)cs1. The molecule has 4 aromatic heterocycles. The summed E-state index contributed by atoms with van der Waals surface area (Å²) in [5, 5.41) is 14.5. The van der Waals surface area contributed by atoms with Crippen LogP contribution in [0.25, 0.3) is 34.4 Å². The lowest BCUT2D eigenvalue weighted by Crippen LogP contribution is -2.24. The van der Waals surface area contributed by atoms with Gasteiger partial charge < -0.3 is 4.98 Å². The lowest BCUT2D eigenvalue weighted by atomic mass is 10.2. The Balaban J connectivity index is 1.57. The first-order valence-corrected chi connectivity index (χ1v) is 9.82. The highest BCUT2D eigenvalue weighted by molar-refractivity contribution is 8.00. The number of nitrogens with zero attached hydrogens (tertiary/aromatic N) is 6. The minimum atomic E-state index is 0.359. The quantitative estimate of drug-likeness (QED) is 0.573. The van der Waals surface area contributed by atoms with Crippen LogP contribution in [0.1, 0.15) is 11.0 Å². The van der Waals surface area contributed by atoms with Gasteiger partial charge in [0, 0.05) is 28.6 Å². The van der Waals surface area contributed by atoms with Crippen molar-refractivity contribution in [2.24, 2.45) is 0 Å². The standard InChI is InChI=1S/C15H14N8S2/c1-8-19-12(6-25-8)9-2-11(16-3-9)15-20-14(13-17-7-18-21-13)22-23(15)10-4-24-5-10/h2-3,6-7,10,16H,4-5H2,1H3,(H,17,18,21). The second-order valence-electron chi connectivity index (χ2n) is 5.78. The van der Waals surface area contributed by atoms with Gasteiger partial charge in [0.25, 0.3) is 0 Å². The first-order valence-electron chi connectivity index (χ1n) is 7.79. The fourth-order valence-electron chi connectivity index (χ4n) is 2.71. The van der Waals surface area contributed by atoms with Gasteiger partial charge in [0.2, 0.25) is 5.82 Å². The smallest absolute Gasteiger partial charge is 0.219 e. The Morgan fingerprint density at radius 2 is 2.20 bits per heavy atom. The molecule has 1 saturated heterocycles. The Morgan fingerprint density at radius 3 is 2.88 bits per heavy atom. The third kappa shape index (κ3) is 2.57. The average Bonchev–Trinajstić information content (AvgIpc) is 3.32. The predicted molar refractivity (Wildman–Crippen MR) is 97.4 cm³/mol. The van der Waals surface area contributed by atoms with Crippen LogP contribution in [-0.2, 0) is 0 Å². The lowest BCUT2D eigenvalue weighted by molar-refractivity contribution is 0.532. The lowest BCUT2D eigenvalue weighted by Gasteiger charge is -2.25. The van der Waals surface area contributed by atoms with E-state index < -0.39 is 0 Å². The summed E-state index contributed by atoms with van der Waals surface area (Å²) in [6, 6.07) is 2.43. The van der Waals surface area contributed by atoms with Crippen LogP contribution in [0, 0.1) is 6.92 Å². The number of nitrogens with one attached hydrogen (secondary N) is 2. The van der Waals surface area contributed by atoms with Crippen molar-refractivity contribution in [1.82, 2.24) is 39.9 Å². The van der Waals surface area contributed by atoms with Crippen molar-refractivity contribution in [2.45, 2.75) is 13.0 Å². The van der Waals surface area contributed by atoms with Crippen LogP contribution < -0.4 is 0 Å². The molecule has 0 atom stereocenters. The second kappa shape index (κ2) is 5.81. The van der Waals surface area contributed by atoms with Crippen LogP contribution in [0.2, 0.25) is 0 Å². The molecule has 8 nitrogen and oxygen atoms in total. The summed E-state index contributed by atoms with van der Waals surface area (Å²) in [6.07, 6.45) is 3.43. The molecule has 5 rings (SSSR count). The highest BCUT2D eigenvalue weighted by atomic mass is 32.2. The molecular weight excluding hydrogens is 356 g/mol. The predicted octanol–water partition coefficient (Wildman–Crippen LogP) is 2.78. The third-order valence-corrected chi connectivity index (χ3v) is 6.08. The molecular formula is C15H14N8S2. The molecule has 1 fully saturated rings. The Bertz CT molecular complexity index is 1010. The Hall–Kier alpha value is -2.46. The molecule has 0 aliphatic carbocycles. The number of thioether (sulfide) groups is 1. The van der Waals surface area contributed by atoms with Crippen LogP contribution in [0.15, 0.2) is 24.0 Å². The molecule has 25 heavy (non-hydrogen) atoms. The molecule has 0 amide bonds. The fourth-order valence-corrected chi connectivity index (χ4v) is 4.06. The van der Waals surface area contributed by atoms with Crippen LogP contribution in [0.4, 0.5) is 0 Å². The van der Waals surface area contributed by atoms with E-state index in [4.69, 9.17) is 4.98 Å². The molecule has 2 N–H and O–H groups in total. The molecule has 126 valence electrons. The maximum absolute atomic E-state index is 4.70. The summed E-state index contributed by atoms with van der Waals surface area (Å²) in [7, 11) is 0. The van der Waals surface area contributed by atoms with Crippen molar-refractivity contribution < 1.29 is 0 Å². The number of hydrogen-bond donors (Lipinski definition) is 2. The van der Waals surface area contributed by atoms with Gasteiger partial charge in [-0.1, -0.05) is 0 Å². The molecule has 1 aliphatic heterocycles. The highest BCUT2D eigenvalue weighted by Gasteiger charge is 2.27. The third-order valence-electron chi connectivity index (χ3n) is 4.06. The van der Waals surface area contributed by atoms with Crippen molar-refractivity contribution >= 4 is 23.1 Å². The fraction of sp³-hybridized carbons (Fsp3) is 0.267. The van der Waals surface area contributed by atoms with Gasteiger partial charge in [-0.25, -0.2) is 19.6 Å². The normalized spacial score (nSPS) is 14.8. The van der Waals surface area contributed by atoms with Gasteiger partial charge >= 0.3 is 0 Å². The number of aromatic nitrogens is 8. The minimum Gasteiger partial charge on any atom is -0.358 e. The number of rotatable bonds is 4. The van der Waals surface area contributed by atoms with Gasteiger partial charge in [0.1, 0.15) is 6.33 Å². The molecule has 5 heterocycles. The van der Waals surface area contributed by atoms with Crippen molar-refractivity contribution in [3.8, 4) is 34.4 Å². The largest absolute Gasteiger partial charge is 0.358 e. The molecule has 0 aromatic carbocycles. The van der Waals surface area contributed by atoms with Gasteiger partial charge in [-0.2, -0.15) is 16.9 Å². The van der Waals surface area contributed by atoms with Crippen LogP contribution in [-0.4, -0.2) is 51.4 Å². The first kappa shape index (κ1) is 14.8. The molecule has 0 radical (unpaired) electrons. The maximum atomic E-state index is 4.70. The van der Waals surface area contributed by atoms with Gasteiger partial charge in [-0.05, 0) is 13.0 Å². The van der Waals surface area contributed by atoms with E-state index in [1.54, 1.807) is 11.3 Å². The first-order chi connectivity index (χ1) is 12.3. The van der Waals surface area contributed by atoms with E-state index in [9.17, 15) is 0 Å². The maximum Gasteiger partial charge on any atom is 0.219 e. The summed E-state index contributed by atoms with van der Waals surface area (Å²) in [4.78, 5) is 16.7. The average molecular weight is 370 g/mol. The highest BCUT2D eigenvalue weighted by Crippen LogP contribution is 2.34. The van der Waals surface area contributed by atoms with E-state index in [1.807, 2.05) is 29.6 Å². The van der Waals surface area contributed by atoms with Gasteiger partial charge in [-0.3, -0.25) is 5.10 Å². The second-order valence-corrected chi connectivity index (χ2v) is 7.92. The zero-order valence-corrected chi connectivity index (χ0v) is 14.9. The topological polar surface area (TPSA) is 101 Å². The Labute approximate surface area is 151 Å². The van der Waals surface area contributed by atoms with Gasteiger partial charge in [0.05, 0.1) is 22.4 Å². The summed E-state index contributed by atoms with van der Waals surface area (Å²) in [6.45, 7) is 2.01. The number of hydrogen-bond acceptors (Lipinski definition) is 7. The minimum absolute atomic E-state index is 0.359. The van der Waals surface area contributed by atoms with E-state index in [-0.39, 0.29) is 0 Å². The molecule has 0 unspecified atom stereocenters. The van der Waals surface area contributed by atoms with E-state index >= 15 is 0 Å². The van der Waals surface area contributed by atoms with Crippen molar-refractivity contribution in [3.63, 3.8) is 0 Å². The van der Waals surface area contributed by atoms with E-state index in [1.165, 1.54) is 6.33 Å². The van der Waals surface area contributed by atoms with Crippen LogP contribution in [0.5, 0.6) is 0 Å². The molecule has 0 spiro atoms. The number of thiazole rings is 1. The van der Waals surface area contributed by atoms with E-state index in [2.05, 4.69) is 41.7 Å². The van der Waals surface area contributed by atoms with Crippen molar-refractivity contribution in [2.75, 3.05) is 11.5 Å².